The SMILES string of the molecule is Cc1ccc(-c2cc(C(F)(F)F)nn2-c2ccc(S(=O)(=O)NC(=O)[C@H](CC(C)C)N(C)/[N+]([O-])=N/OCOC(=O)C(C)(C)C)cc2)cc1. The number of hydrogen-bond acceptors (Lipinski definition) is 9. The van der Waals surface area contributed by atoms with Gasteiger partial charge in [0.1, 0.15) is 0 Å². The van der Waals surface area contributed by atoms with E-state index in [1.54, 1.807) is 58.9 Å². The number of esters is 1. The number of carbonyl (C=O) groups excluding carboxylic acids is 2. The summed E-state index contributed by atoms with van der Waals surface area (Å²) in [6.45, 7) is 9.52. The van der Waals surface area contributed by atoms with Gasteiger partial charge in [-0.1, -0.05) is 43.7 Å². The topological polar surface area (TPSA) is 158 Å². The van der Waals surface area contributed by atoms with Crippen molar-refractivity contribution in [1.82, 2.24) is 19.5 Å². The maximum absolute atomic E-state index is 13.6. The standard InChI is InChI=1S/C30H37F3N6O7S/c1-19(2)16-25(37(7)39(42)36-46-18-45-28(41)29(4,5)6)27(40)35-47(43,44)23-14-12-22(13-15-23)38-24(17-26(34-38)30(31,32)33)21-10-8-20(3)9-11-21/h8-15,17,19,25H,16,18H2,1-7H3,(H,35,40)/b39-36-/t25-/m0/s1. The zero-order valence-corrected chi connectivity index (χ0v) is 27.7. The Balaban J connectivity index is 1.82. The normalized spacial score (nSPS) is 13.3. The summed E-state index contributed by atoms with van der Waals surface area (Å²) < 4.78 is 74.9. The van der Waals surface area contributed by atoms with E-state index in [0.29, 0.717) is 5.56 Å². The number of ether oxygens (including phenoxy) is 1. The Hall–Kier alpha value is -4.67. The van der Waals surface area contributed by atoms with Gasteiger partial charge < -0.3 is 14.8 Å². The molecule has 2 aromatic carbocycles. The molecule has 0 saturated carbocycles. The third-order valence-corrected chi connectivity index (χ3v) is 8.04. The van der Waals surface area contributed by atoms with E-state index in [-0.39, 0.29) is 33.6 Å². The van der Waals surface area contributed by atoms with Gasteiger partial charge in [0.25, 0.3) is 22.7 Å². The summed E-state index contributed by atoms with van der Waals surface area (Å²) in [6, 6.07) is 11.1. The molecule has 17 heteroatoms. The number of nitrogens with one attached hydrogen (secondary N) is 1. The maximum atomic E-state index is 13.6. The van der Waals surface area contributed by atoms with Gasteiger partial charge in [-0.2, -0.15) is 18.3 Å². The fourth-order valence-electron chi connectivity index (χ4n) is 4.09. The second-order valence-electron chi connectivity index (χ2n) is 12.1. The van der Waals surface area contributed by atoms with Crippen LogP contribution in [0.5, 0.6) is 0 Å². The molecule has 1 atom stereocenters. The van der Waals surface area contributed by atoms with Crippen LogP contribution >= 0.6 is 0 Å². The van der Waals surface area contributed by atoms with E-state index in [0.717, 1.165) is 33.5 Å². The number of rotatable bonds is 12. The molecular weight excluding hydrogens is 645 g/mol. The van der Waals surface area contributed by atoms with Crippen LogP contribution in [0.3, 0.4) is 0 Å². The van der Waals surface area contributed by atoms with Crippen molar-refractivity contribution < 1.29 is 45.7 Å². The van der Waals surface area contributed by atoms with Crippen LogP contribution < -0.4 is 4.72 Å². The molecule has 1 amide bonds. The number of amides is 1. The summed E-state index contributed by atoms with van der Waals surface area (Å²) in [5.74, 6) is -1.82. The summed E-state index contributed by atoms with van der Waals surface area (Å²) in [5.41, 5.74) is -0.325. The molecule has 3 aromatic rings. The Morgan fingerprint density at radius 1 is 1.09 bits per heavy atom. The average molecular weight is 683 g/mol. The van der Waals surface area contributed by atoms with Crippen LogP contribution in [-0.4, -0.2) is 59.9 Å². The number of hydrazine groups is 1. The molecule has 1 heterocycles. The van der Waals surface area contributed by atoms with E-state index < -0.39 is 52.0 Å². The lowest BCUT2D eigenvalue weighted by molar-refractivity contribution is -0.711. The highest BCUT2D eigenvalue weighted by molar-refractivity contribution is 7.90. The van der Waals surface area contributed by atoms with Gasteiger partial charge in [0, 0.05) is 5.56 Å². The van der Waals surface area contributed by atoms with Crippen LogP contribution in [0.25, 0.3) is 16.9 Å². The van der Waals surface area contributed by atoms with Crippen LogP contribution in [-0.2, 0) is 35.4 Å². The highest BCUT2D eigenvalue weighted by Gasteiger charge is 2.36. The maximum Gasteiger partial charge on any atom is 0.435 e. The number of aryl methyl sites for hydroxylation is 1. The fourth-order valence-corrected chi connectivity index (χ4v) is 5.11. The molecule has 13 nitrogen and oxygen atoms in total. The number of sulfonamides is 1. The summed E-state index contributed by atoms with van der Waals surface area (Å²) in [4.78, 5) is 29.3. The van der Waals surface area contributed by atoms with Crippen LogP contribution in [0.1, 0.15) is 52.3 Å². The molecule has 0 fully saturated rings. The van der Waals surface area contributed by atoms with Crippen molar-refractivity contribution in [3.8, 4) is 16.9 Å². The molecule has 0 bridgehead atoms. The first kappa shape index (κ1) is 36.8. The Kier molecular flexibility index (Phi) is 11.3. The van der Waals surface area contributed by atoms with E-state index in [1.165, 1.54) is 19.2 Å². The van der Waals surface area contributed by atoms with Crippen molar-refractivity contribution in [1.29, 1.82) is 0 Å². The number of carbonyl (C=O) groups is 2. The van der Waals surface area contributed by atoms with Gasteiger partial charge >= 0.3 is 12.1 Å². The van der Waals surface area contributed by atoms with Gasteiger partial charge in [0.2, 0.25) is 5.28 Å². The number of benzene rings is 2. The summed E-state index contributed by atoms with van der Waals surface area (Å²) >= 11 is 0. The number of likely N-dealkylation sites (N-methyl/N-ethyl adjacent to an activating group) is 1. The molecular formula is C30H37F3N6O7S. The Bertz CT molecular complexity index is 1700. The molecule has 1 N–H and O–H groups in total. The van der Waals surface area contributed by atoms with Crippen LogP contribution in [0, 0.1) is 23.5 Å². The van der Waals surface area contributed by atoms with Crippen LogP contribution in [0.2, 0.25) is 0 Å². The number of aromatic nitrogens is 2. The number of nitrogens with zero attached hydrogens (tertiary/aromatic N) is 5. The van der Waals surface area contributed by atoms with Gasteiger partial charge in [-0.3, -0.25) is 9.59 Å². The van der Waals surface area contributed by atoms with Gasteiger partial charge in [0.05, 0.1) is 33.7 Å². The highest BCUT2D eigenvalue weighted by atomic mass is 32.2. The lowest BCUT2D eigenvalue weighted by Crippen LogP contribution is -2.49. The number of alkyl halides is 3. The highest BCUT2D eigenvalue weighted by Crippen LogP contribution is 2.33. The molecule has 47 heavy (non-hydrogen) atoms. The van der Waals surface area contributed by atoms with Gasteiger partial charge in [-0.05, 0) is 70.4 Å². The first-order chi connectivity index (χ1) is 21.7. The van der Waals surface area contributed by atoms with Gasteiger partial charge in [-0.15, -0.1) is 5.01 Å². The molecule has 1 aromatic heterocycles. The van der Waals surface area contributed by atoms with Crippen molar-refractivity contribution in [2.24, 2.45) is 16.6 Å². The van der Waals surface area contributed by atoms with E-state index in [1.807, 2.05) is 11.6 Å². The van der Waals surface area contributed by atoms with Crippen molar-refractivity contribution in [2.75, 3.05) is 13.8 Å². The Labute approximate surface area is 270 Å². The van der Waals surface area contributed by atoms with E-state index in [4.69, 9.17) is 9.57 Å². The van der Waals surface area contributed by atoms with Crippen molar-refractivity contribution >= 4 is 21.9 Å². The molecule has 0 saturated heterocycles. The number of halogens is 3. The monoisotopic (exact) mass is 682 g/mol. The molecule has 0 unspecified atom stereocenters. The Morgan fingerprint density at radius 2 is 1.68 bits per heavy atom. The smallest absolute Gasteiger partial charge is 0.435 e. The minimum absolute atomic E-state index is 0.0344. The first-order valence-electron chi connectivity index (χ1n) is 14.3. The zero-order valence-electron chi connectivity index (χ0n) is 26.9. The summed E-state index contributed by atoms with van der Waals surface area (Å²) in [7, 11) is -3.31. The molecule has 0 radical (unpaired) electrons. The Morgan fingerprint density at radius 3 is 2.21 bits per heavy atom. The first-order valence-corrected chi connectivity index (χ1v) is 15.8. The molecule has 0 spiro atoms. The third kappa shape index (κ3) is 9.67. The van der Waals surface area contributed by atoms with Crippen molar-refractivity contribution in [3.05, 3.63) is 71.1 Å². The lowest BCUT2D eigenvalue weighted by atomic mass is 9.98. The fraction of sp³-hybridized carbons (Fsp3) is 0.433. The third-order valence-electron chi connectivity index (χ3n) is 6.67. The van der Waals surface area contributed by atoms with Crippen LogP contribution in [0.15, 0.2) is 64.8 Å². The predicted octanol–water partition coefficient (Wildman–Crippen LogP) is 5.37. The van der Waals surface area contributed by atoms with E-state index in [2.05, 4.69) is 10.4 Å². The summed E-state index contributed by atoms with van der Waals surface area (Å²) in [6.07, 6.45) is -4.69. The molecule has 0 aliphatic carbocycles. The van der Waals surface area contributed by atoms with E-state index in [9.17, 15) is 36.4 Å². The van der Waals surface area contributed by atoms with Gasteiger partial charge in [0.15, 0.2) is 11.7 Å². The minimum Gasteiger partial charge on any atom is -0.569 e. The molecule has 3 rings (SSSR count). The molecule has 256 valence electrons. The predicted molar refractivity (Wildman–Crippen MR) is 163 cm³/mol. The minimum atomic E-state index is -4.73. The van der Waals surface area contributed by atoms with Gasteiger partial charge in [-0.25, -0.2) is 17.8 Å². The second kappa shape index (κ2) is 14.4. The van der Waals surface area contributed by atoms with Crippen LogP contribution in [0.4, 0.5) is 13.2 Å². The second-order valence-corrected chi connectivity index (χ2v) is 13.8. The average Bonchev–Trinajstić information content (AvgIpc) is 3.43. The lowest BCUT2D eigenvalue weighted by Gasteiger charge is -2.24. The molecule has 0 aliphatic rings. The zero-order chi connectivity index (χ0) is 35.3. The number of hydrogen-bond donors (Lipinski definition) is 1. The van der Waals surface area contributed by atoms with E-state index >= 15 is 0 Å². The van der Waals surface area contributed by atoms with Crippen molar-refractivity contribution in [2.45, 2.75) is 65.1 Å². The van der Waals surface area contributed by atoms with Crippen molar-refractivity contribution in [3.63, 3.8) is 0 Å². The summed E-state index contributed by atoms with van der Waals surface area (Å²) in [5, 5.41) is 20.3. The largest absolute Gasteiger partial charge is 0.569 e. The molecule has 0 aliphatic heterocycles. The quantitative estimate of drug-likeness (QED) is 0.0662.